The summed E-state index contributed by atoms with van der Waals surface area (Å²) in [4.78, 5) is 4.54. The van der Waals surface area contributed by atoms with Gasteiger partial charge in [0.05, 0.1) is 19.0 Å². The maximum Gasteiger partial charge on any atom is 0.128 e. The van der Waals surface area contributed by atoms with Gasteiger partial charge in [0, 0.05) is 31.6 Å². The number of imidazole rings is 1. The van der Waals surface area contributed by atoms with Gasteiger partial charge in [0.25, 0.3) is 0 Å². The molecular formula is C14H19Cl2N3O. The largest absolute Gasteiger partial charge is 0.496 e. The van der Waals surface area contributed by atoms with Gasteiger partial charge in [-0.05, 0) is 12.1 Å². The maximum atomic E-state index is 5.43. The second-order valence-corrected chi connectivity index (χ2v) is 4.41. The van der Waals surface area contributed by atoms with Gasteiger partial charge in [-0.15, -0.1) is 24.8 Å². The Morgan fingerprint density at radius 2 is 2.00 bits per heavy atom. The van der Waals surface area contributed by atoms with Gasteiger partial charge >= 0.3 is 0 Å². The minimum absolute atomic E-state index is 0. The summed E-state index contributed by atoms with van der Waals surface area (Å²) in [6.07, 6.45) is 2.94. The molecule has 1 aromatic carbocycles. The van der Waals surface area contributed by atoms with E-state index in [-0.39, 0.29) is 24.8 Å². The first-order valence-corrected chi connectivity index (χ1v) is 6.28. The van der Waals surface area contributed by atoms with Crippen LogP contribution in [0.2, 0.25) is 0 Å². The third kappa shape index (κ3) is 3.08. The molecule has 6 heteroatoms. The molecule has 0 saturated carbocycles. The molecule has 0 fully saturated rings. The number of methoxy groups -OCH3 is 1. The summed E-state index contributed by atoms with van der Waals surface area (Å²) in [5.41, 5.74) is 2.26. The number of hydrogen-bond acceptors (Lipinski definition) is 3. The third-order valence-corrected chi connectivity index (χ3v) is 3.36. The van der Waals surface area contributed by atoms with Crippen LogP contribution in [0.4, 0.5) is 0 Å². The van der Waals surface area contributed by atoms with Gasteiger partial charge in [0.15, 0.2) is 0 Å². The van der Waals surface area contributed by atoms with Crippen LogP contribution in [0.3, 0.4) is 0 Å². The zero-order valence-corrected chi connectivity index (χ0v) is 13.0. The molecule has 2 aromatic rings. The Kier molecular flexibility index (Phi) is 6.33. The van der Waals surface area contributed by atoms with E-state index >= 15 is 0 Å². The van der Waals surface area contributed by atoms with E-state index < -0.39 is 0 Å². The maximum absolute atomic E-state index is 5.43. The molecule has 0 saturated heterocycles. The van der Waals surface area contributed by atoms with Crippen molar-refractivity contribution in [1.29, 1.82) is 0 Å². The molecule has 0 radical (unpaired) electrons. The van der Waals surface area contributed by atoms with Crippen molar-refractivity contribution in [1.82, 2.24) is 14.9 Å². The summed E-state index contributed by atoms with van der Waals surface area (Å²) < 4.78 is 7.72. The quantitative estimate of drug-likeness (QED) is 0.925. The van der Waals surface area contributed by atoms with E-state index in [2.05, 4.69) is 20.9 Å². The fourth-order valence-corrected chi connectivity index (χ4v) is 2.45. The number of benzene rings is 1. The van der Waals surface area contributed by atoms with E-state index in [1.54, 1.807) is 7.11 Å². The molecule has 0 bridgehead atoms. The molecule has 1 aromatic heterocycles. The van der Waals surface area contributed by atoms with Crippen molar-refractivity contribution in [3.8, 4) is 17.0 Å². The number of para-hydroxylation sites is 1. The van der Waals surface area contributed by atoms with E-state index in [9.17, 15) is 0 Å². The predicted molar refractivity (Wildman–Crippen MR) is 85.3 cm³/mol. The average molecular weight is 316 g/mol. The Labute approximate surface area is 131 Å². The first kappa shape index (κ1) is 16.8. The fourth-order valence-electron chi connectivity index (χ4n) is 2.45. The SMILES string of the molecule is COc1ccccc1-c1cnc2n1CCNCC2.Cl.Cl. The van der Waals surface area contributed by atoms with Crippen molar-refractivity contribution in [2.24, 2.45) is 0 Å². The number of fused-ring (bicyclic) bond motifs is 1. The Balaban J connectivity index is 0.000001000. The van der Waals surface area contributed by atoms with Crippen molar-refractivity contribution < 1.29 is 4.74 Å². The molecule has 0 unspecified atom stereocenters. The molecule has 0 aliphatic carbocycles. The summed E-state index contributed by atoms with van der Waals surface area (Å²) in [5, 5.41) is 3.40. The number of nitrogens with zero attached hydrogens (tertiary/aromatic N) is 2. The molecule has 1 N–H and O–H groups in total. The van der Waals surface area contributed by atoms with E-state index in [0.29, 0.717) is 0 Å². The van der Waals surface area contributed by atoms with Crippen LogP contribution in [0.15, 0.2) is 30.5 Å². The number of hydrogen-bond donors (Lipinski definition) is 1. The van der Waals surface area contributed by atoms with Gasteiger partial charge in [-0.25, -0.2) is 4.98 Å². The predicted octanol–water partition coefficient (Wildman–Crippen LogP) is 2.55. The van der Waals surface area contributed by atoms with Crippen LogP contribution in [0.1, 0.15) is 5.82 Å². The molecule has 110 valence electrons. The summed E-state index contributed by atoms with van der Waals surface area (Å²) in [5.74, 6) is 2.05. The van der Waals surface area contributed by atoms with Crippen LogP contribution in [0, 0.1) is 0 Å². The van der Waals surface area contributed by atoms with E-state index in [1.165, 1.54) is 0 Å². The highest BCUT2D eigenvalue weighted by Crippen LogP contribution is 2.30. The van der Waals surface area contributed by atoms with Gasteiger partial charge in [-0.1, -0.05) is 12.1 Å². The molecule has 2 heterocycles. The van der Waals surface area contributed by atoms with Crippen molar-refractivity contribution in [3.63, 3.8) is 0 Å². The van der Waals surface area contributed by atoms with Crippen molar-refractivity contribution in [3.05, 3.63) is 36.3 Å². The van der Waals surface area contributed by atoms with Crippen LogP contribution in [-0.4, -0.2) is 29.8 Å². The Bertz CT molecular complexity index is 557. The summed E-state index contributed by atoms with van der Waals surface area (Å²) in [7, 11) is 1.71. The minimum atomic E-state index is 0. The second-order valence-electron chi connectivity index (χ2n) is 4.41. The van der Waals surface area contributed by atoms with Gasteiger partial charge < -0.3 is 14.6 Å². The summed E-state index contributed by atoms with van der Waals surface area (Å²) in [6.45, 7) is 2.95. The second kappa shape index (κ2) is 7.53. The van der Waals surface area contributed by atoms with E-state index in [4.69, 9.17) is 4.74 Å². The van der Waals surface area contributed by atoms with E-state index in [0.717, 1.165) is 48.9 Å². The lowest BCUT2D eigenvalue weighted by Gasteiger charge is -2.11. The highest BCUT2D eigenvalue weighted by Gasteiger charge is 2.16. The van der Waals surface area contributed by atoms with Gasteiger partial charge in [0.2, 0.25) is 0 Å². The molecular weight excluding hydrogens is 297 g/mol. The lowest BCUT2D eigenvalue weighted by molar-refractivity contribution is 0.416. The van der Waals surface area contributed by atoms with Crippen molar-refractivity contribution >= 4 is 24.8 Å². The molecule has 0 amide bonds. The van der Waals surface area contributed by atoms with Crippen LogP contribution in [0.25, 0.3) is 11.3 Å². The van der Waals surface area contributed by atoms with Gasteiger partial charge in [-0.3, -0.25) is 0 Å². The van der Waals surface area contributed by atoms with E-state index in [1.807, 2.05) is 24.4 Å². The number of aromatic nitrogens is 2. The number of ether oxygens (including phenoxy) is 1. The normalized spacial score (nSPS) is 13.4. The molecule has 3 rings (SSSR count). The smallest absolute Gasteiger partial charge is 0.128 e. The zero-order valence-electron chi connectivity index (χ0n) is 11.3. The Hall–Kier alpha value is -1.23. The topological polar surface area (TPSA) is 39.1 Å². The van der Waals surface area contributed by atoms with Crippen LogP contribution in [0.5, 0.6) is 5.75 Å². The van der Waals surface area contributed by atoms with Crippen LogP contribution < -0.4 is 10.1 Å². The monoisotopic (exact) mass is 315 g/mol. The molecule has 20 heavy (non-hydrogen) atoms. The van der Waals surface area contributed by atoms with Crippen LogP contribution in [-0.2, 0) is 13.0 Å². The average Bonchev–Trinajstić information content (AvgIpc) is 2.67. The standard InChI is InChI=1S/C14H17N3O.2ClH/c1-18-13-5-3-2-4-11(13)12-10-16-14-6-7-15-8-9-17(12)14;;/h2-5,10,15H,6-9H2,1H3;2*1H. The Morgan fingerprint density at radius 1 is 1.20 bits per heavy atom. The van der Waals surface area contributed by atoms with Crippen molar-refractivity contribution in [2.75, 3.05) is 20.2 Å². The molecule has 0 spiro atoms. The molecule has 4 nitrogen and oxygen atoms in total. The fraction of sp³-hybridized carbons (Fsp3) is 0.357. The number of rotatable bonds is 2. The summed E-state index contributed by atoms with van der Waals surface area (Å²) in [6, 6.07) is 8.10. The summed E-state index contributed by atoms with van der Waals surface area (Å²) >= 11 is 0. The molecule has 1 aliphatic heterocycles. The lowest BCUT2D eigenvalue weighted by Crippen LogP contribution is -2.17. The van der Waals surface area contributed by atoms with Gasteiger partial charge in [-0.2, -0.15) is 0 Å². The lowest BCUT2D eigenvalue weighted by atomic mass is 10.1. The number of nitrogens with one attached hydrogen (secondary N) is 1. The number of halogens is 2. The molecule has 1 aliphatic rings. The third-order valence-electron chi connectivity index (χ3n) is 3.36. The highest BCUT2D eigenvalue weighted by atomic mass is 35.5. The Morgan fingerprint density at radius 3 is 2.80 bits per heavy atom. The van der Waals surface area contributed by atoms with Gasteiger partial charge in [0.1, 0.15) is 11.6 Å². The van der Waals surface area contributed by atoms with Crippen molar-refractivity contribution in [2.45, 2.75) is 13.0 Å². The minimum Gasteiger partial charge on any atom is -0.496 e. The van der Waals surface area contributed by atoms with Crippen LogP contribution >= 0.6 is 24.8 Å². The first-order valence-electron chi connectivity index (χ1n) is 6.28. The highest BCUT2D eigenvalue weighted by molar-refractivity contribution is 5.85. The first-order chi connectivity index (χ1) is 8.90. The molecule has 0 atom stereocenters. The zero-order chi connectivity index (χ0) is 12.4.